The smallest absolute Gasteiger partial charge is 0.205 e. The number of halogens is 2. The van der Waals surface area contributed by atoms with Gasteiger partial charge in [-0.15, -0.1) is 0 Å². The molecule has 0 aliphatic carbocycles. The zero-order chi connectivity index (χ0) is 15.1. The summed E-state index contributed by atoms with van der Waals surface area (Å²) < 4.78 is 20.5. The predicted molar refractivity (Wildman–Crippen MR) is 81.7 cm³/mol. The van der Waals surface area contributed by atoms with Crippen LogP contribution in [0.25, 0.3) is 16.7 Å². The number of hydrogen-bond donors (Lipinski definition) is 1. The fourth-order valence-corrected chi connectivity index (χ4v) is 2.52. The van der Waals surface area contributed by atoms with Gasteiger partial charge in [0, 0.05) is 17.2 Å². The van der Waals surface area contributed by atoms with E-state index in [2.05, 4.69) is 4.98 Å². The van der Waals surface area contributed by atoms with Gasteiger partial charge >= 0.3 is 0 Å². The molecule has 0 saturated heterocycles. The van der Waals surface area contributed by atoms with Crippen LogP contribution >= 0.6 is 11.6 Å². The maximum Gasteiger partial charge on any atom is 0.205 e. The molecule has 108 valence electrons. The van der Waals surface area contributed by atoms with Crippen molar-refractivity contribution >= 4 is 28.6 Å². The molecule has 3 rings (SSSR count). The Bertz CT molecular complexity index is 845. The summed E-state index contributed by atoms with van der Waals surface area (Å²) in [6.07, 6.45) is 0. The van der Waals surface area contributed by atoms with Crippen LogP contribution in [-0.2, 0) is 0 Å². The molecule has 2 N–H and O–H groups in total. The molecule has 0 bridgehead atoms. The van der Waals surface area contributed by atoms with Gasteiger partial charge in [-0.2, -0.15) is 0 Å². The zero-order valence-electron chi connectivity index (χ0n) is 11.5. The topological polar surface area (TPSA) is 53.1 Å². The van der Waals surface area contributed by atoms with Crippen LogP contribution in [0.15, 0.2) is 30.3 Å². The van der Waals surface area contributed by atoms with E-state index < -0.39 is 5.82 Å². The molecule has 4 nitrogen and oxygen atoms in total. The van der Waals surface area contributed by atoms with Crippen molar-refractivity contribution in [3.63, 3.8) is 0 Å². The second-order valence-corrected chi connectivity index (χ2v) is 5.07. The molecule has 0 amide bonds. The van der Waals surface area contributed by atoms with Crippen molar-refractivity contribution in [2.24, 2.45) is 0 Å². The van der Waals surface area contributed by atoms with Gasteiger partial charge in [-0.3, -0.25) is 4.57 Å². The molecule has 1 heterocycles. The third-order valence-corrected chi connectivity index (χ3v) is 3.84. The second-order valence-electron chi connectivity index (χ2n) is 4.66. The monoisotopic (exact) mass is 305 g/mol. The quantitative estimate of drug-likeness (QED) is 0.785. The molecule has 2 aromatic carbocycles. The van der Waals surface area contributed by atoms with E-state index in [1.165, 1.54) is 13.2 Å². The number of ether oxygens (including phenoxy) is 1. The third-order valence-electron chi connectivity index (χ3n) is 3.43. The highest BCUT2D eigenvalue weighted by Crippen LogP contribution is 2.31. The molecule has 6 heteroatoms. The number of hydrogen-bond acceptors (Lipinski definition) is 3. The van der Waals surface area contributed by atoms with Crippen LogP contribution in [0.4, 0.5) is 10.3 Å². The van der Waals surface area contributed by atoms with Gasteiger partial charge in [0.2, 0.25) is 5.95 Å². The van der Waals surface area contributed by atoms with Crippen LogP contribution in [0.2, 0.25) is 5.02 Å². The summed E-state index contributed by atoms with van der Waals surface area (Å²) in [4.78, 5) is 4.20. The molecule has 0 unspecified atom stereocenters. The Kier molecular flexibility index (Phi) is 3.22. The Morgan fingerprint density at radius 2 is 2.10 bits per heavy atom. The number of nitrogen functional groups attached to an aromatic ring is 1. The molecule has 3 aromatic rings. The van der Waals surface area contributed by atoms with Crippen LogP contribution in [0, 0.1) is 12.7 Å². The van der Waals surface area contributed by atoms with Crippen LogP contribution in [0.1, 0.15) is 5.56 Å². The Balaban J connectivity index is 2.36. The summed E-state index contributed by atoms with van der Waals surface area (Å²) in [5.74, 6) is -0.0659. The summed E-state index contributed by atoms with van der Waals surface area (Å²) in [7, 11) is 1.42. The van der Waals surface area contributed by atoms with Gasteiger partial charge in [0.15, 0.2) is 11.6 Å². The van der Waals surface area contributed by atoms with Gasteiger partial charge in [-0.25, -0.2) is 9.37 Å². The van der Waals surface area contributed by atoms with E-state index in [0.717, 1.165) is 11.3 Å². The number of methoxy groups -OCH3 is 1. The minimum Gasteiger partial charge on any atom is -0.494 e. The molecule has 0 aliphatic rings. The van der Waals surface area contributed by atoms with Gasteiger partial charge in [0.1, 0.15) is 0 Å². The van der Waals surface area contributed by atoms with E-state index in [1.807, 2.05) is 19.1 Å². The lowest BCUT2D eigenvalue weighted by molar-refractivity contribution is 0.387. The van der Waals surface area contributed by atoms with Crippen molar-refractivity contribution in [3.8, 4) is 11.4 Å². The summed E-state index contributed by atoms with van der Waals surface area (Å²) in [6, 6.07) is 8.40. The Morgan fingerprint density at radius 1 is 1.33 bits per heavy atom. The first-order valence-corrected chi connectivity index (χ1v) is 6.67. The van der Waals surface area contributed by atoms with Crippen LogP contribution < -0.4 is 10.5 Å². The minimum absolute atomic E-state index is 0.142. The number of rotatable bonds is 2. The molecule has 0 radical (unpaired) electrons. The average molecular weight is 306 g/mol. The average Bonchev–Trinajstić information content (AvgIpc) is 2.76. The Labute approximate surface area is 125 Å². The number of imidazole rings is 1. The normalized spacial score (nSPS) is 11.0. The predicted octanol–water partition coefficient (Wildman–Crippen LogP) is 3.72. The molecule has 0 spiro atoms. The standard InChI is InChI=1S/C15H13ClFN3O/c1-8-9(16)4-3-5-12(8)20-13-7-14(21-2)10(17)6-11(13)19-15(20)18/h3-7H,1-2H3,(H2,18,19). The Morgan fingerprint density at radius 3 is 2.81 bits per heavy atom. The lowest BCUT2D eigenvalue weighted by Gasteiger charge is -2.11. The van der Waals surface area contributed by atoms with Crippen LogP contribution in [-0.4, -0.2) is 16.7 Å². The number of nitrogens with two attached hydrogens (primary N) is 1. The molecular weight excluding hydrogens is 293 g/mol. The maximum absolute atomic E-state index is 13.8. The Hall–Kier alpha value is -2.27. The van der Waals surface area contributed by atoms with Crippen molar-refractivity contribution in [1.29, 1.82) is 0 Å². The van der Waals surface area contributed by atoms with Crippen molar-refractivity contribution in [3.05, 3.63) is 46.7 Å². The SMILES string of the molecule is COc1cc2c(cc1F)nc(N)n2-c1cccc(Cl)c1C. The molecule has 1 aromatic heterocycles. The van der Waals surface area contributed by atoms with Gasteiger partial charge in [-0.1, -0.05) is 17.7 Å². The molecule has 0 fully saturated rings. The first kappa shape index (κ1) is 13.7. The summed E-state index contributed by atoms with van der Waals surface area (Å²) in [5.41, 5.74) is 8.79. The van der Waals surface area contributed by atoms with Crippen molar-refractivity contribution < 1.29 is 9.13 Å². The highest BCUT2D eigenvalue weighted by molar-refractivity contribution is 6.31. The van der Waals surface area contributed by atoms with Crippen LogP contribution in [0.3, 0.4) is 0 Å². The number of anilines is 1. The second kappa shape index (κ2) is 4.93. The molecular formula is C15H13ClFN3O. The summed E-state index contributed by atoms with van der Waals surface area (Å²) in [6.45, 7) is 1.89. The van der Waals surface area contributed by atoms with E-state index in [1.54, 1.807) is 16.7 Å². The van der Waals surface area contributed by atoms with Crippen molar-refractivity contribution in [2.75, 3.05) is 12.8 Å². The lowest BCUT2D eigenvalue weighted by atomic mass is 10.2. The third kappa shape index (κ3) is 2.10. The zero-order valence-corrected chi connectivity index (χ0v) is 12.3. The highest BCUT2D eigenvalue weighted by Gasteiger charge is 2.16. The van der Waals surface area contributed by atoms with Crippen molar-refractivity contribution in [1.82, 2.24) is 9.55 Å². The largest absolute Gasteiger partial charge is 0.494 e. The molecule has 0 atom stereocenters. The fraction of sp³-hybridized carbons (Fsp3) is 0.133. The summed E-state index contributed by atoms with van der Waals surface area (Å²) in [5, 5.41) is 0.628. The van der Waals surface area contributed by atoms with E-state index in [-0.39, 0.29) is 11.7 Å². The van der Waals surface area contributed by atoms with E-state index in [4.69, 9.17) is 22.1 Å². The van der Waals surface area contributed by atoms with Gasteiger partial charge in [0.05, 0.1) is 23.8 Å². The lowest BCUT2D eigenvalue weighted by Crippen LogP contribution is -2.03. The number of aromatic nitrogens is 2. The highest BCUT2D eigenvalue weighted by atomic mass is 35.5. The number of benzene rings is 2. The molecule has 0 saturated carbocycles. The van der Waals surface area contributed by atoms with Crippen molar-refractivity contribution in [2.45, 2.75) is 6.92 Å². The van der Waals surface area contributed by atoms with Gasteiger partial charge in [0.25, 0.3) is 0 Å². The summed E-state index contributed by atoms with van der Waals surface area (Å²) >= 11 is 6.16. The van der Waals surface area contributed by atoms with E-state index in [0.29, 0.717) is 16.1 Å². The van der Waals surface area contributed by atoms with Gasteiger partial charge in [-0.05, 0) is 24.6 Å². The minimum atomic E-state index is -0.475. The number of fused-ring (bicyclic) bond motifs is 1. The number of nitrogens with zero attached hydrogens (tertiary/aromatic N) is 2. The maximum atomic E-state index is 13.8. The van der Waals surface area contributed by atoms with Gasteiger partial charge < -0.3 is 10.5 Å². The first-order valence-electron chi connectivity index (χ1n) is 6.30. The molecule has 21 heavy (non-hydrogen) atoms. The van der Waals surface area contributed by atoms with E-state index >= 15 is 0 Å². The first-order chi connectivity index (χ1) is 10.0. The van der Waals surface area contributed by atoms with E-state index in [9.17, 15) is 4.39 Å². The van der Waals surface area contributed by atoms with Crippen LogP contribution in [0.5, 0.6) is 5.75 Å². The fourth-order valence-electron chi connectivity index (χ4n) is 2.35. The molecule has 0 aliphatic heterocycles.